The Morgan fingerprint density at radius 3 is 2.48 bits per heavy atom. The van der Waals surface area contributed by atoms with Gasteiger partial charge in [-0.3, -0.25) is 14.5 Å². The van der Waals surface area contributed by atoms with Gasteiger partial charge in [0, 0.05) is 30.0 Å². The van der Waals surface area contributed by atoms with Crippen LogP contribution in [0.3, 0.4) is 0 Å². The van der Waals surface area contributed by atoms with Gasteiger partial charge in [0.25, 0.3) is 0 Å². The van der Waals surface area contributed by atoms with E-state index in [2.05, 4.69) is 14.5 Å². The smallest absolute Gasteiger partial charge is 0.469 e. The van der Waals surface area contributed by atoms with Crippen molar-refractivity contribution in [2.24, 2.45) is 4.99 Å². The average Bonchev–Trinajstić information content (AvgIpc) is 2.58. The van der Waals surface area contributed by atoms with Crippen molar-refractivity contribution in [3.8, 4) is 11.5 Å². The van der Waals surface area contributed by atoms with Crippen LogP contribution in [0.15, 0.2) is 41.7 Å². The number of phenols is 1. The number of hydrogen-bond acceptors (Lipinski definition) is 7. The first-order chi connectivity index (χ1) is 12.7. The number of phosphoric acid groups is 1. The number of pyridine rings is 1. The second-order valence-corrected chi connectivity index (χ2v) is 6.74. The predicted molar refractivity (Wildman–Crippen MR) is 93.6 cm³/mol. The Morgan fingerprint density at radius 2 is 1.89 bits per heavy atom. The number of rotatable bonds is 8. The fraction of sp³-hybridized carbons (Fsp3) is 0.188. The minimum atomic E-state index is -4.74. The number of aliphatic carboxylic acids is 1. The first-order valence-corrected chi connectivity index (χ1v) is 9.08. The van der Waals surface area contributed by atoms with Crippen molar-refractivity contribution in [1.82, 2.24) is 4.98 Å². The number of aromatic nitrogens is 1. The molecule has 2 aromatic rings. The van der Waals surface area contributed by atoms with E-state index in [-0.39, 0.29) is 29.0 Å². The molecule has 1 aromatic carbocycles. The summed E-state index contributed by atoms with van der Waals surface area (Å²) >= 11 is 0. The average molecular weight is 396 g/mol. The third-order valence-corrected chi connectivity index (χ3v) is 3.94. The van der Waals surface area contributed by atoms with Gasteiger partial charge < -0.3 is 25.1 Å². The number of carboxylic acids is 1. The van der Waals surface area contributed by atoms with E-state index in [1.54, 1.807) is 12.1 Å². The molecule has 5 N–H and O–H groups in total. The maximum Gasteiger partial charge on any atom is 0.469 e. The van der Waals surface area contributed by atoms with Crippen LogP contribution in [-0.2, 0) is 26.9 Å². The van der Waals surface area contributed by atoms with E-state index in [9.17, 15) is 24.7 Å². The molecule has 0 saturated heterocycles. The van der Waals surface area contributed by atoms with E-state index < -0.39 is 26.4 Å². The Morgan fingerprint density at radius 1 is 1.22 bits per heavy atom. The number of benzene rings is 1. The van der Waals surface area contributed by atoms with E-state index in [0.29, 0.717) is 5.56 Å². The number of aromatic hydroxyl groups is 2. The van der Waals surface area contributed by atoms with Crippen LogP contribution in [-0.4, -0.2) is 48.3 Å². The van der Waals surface area contributed by atoms with Gasteiger partial charge in [-0.25, -0.2) is 9.36 Å². The van der Waals surface area contributed by atoms with Crippen LogP contribution < -0.4 is 0 Å². The molecule has 0 aliphatic carbocycles. The molecular formula is C16H17N2O8P. The first kappa shape index (κ1) is 20.5. The van der Waals surface area contributed by atoms with Gasteiger partial charge >= 0.3 is 13.8 Å². The predicted octanol–water partition coefficient (Wildman–Crippen LogP) is 1.22. The van der Waals surface area contributed by atoms with E-state index in [4.69, 9.17) is 9.79 Å². The van der Waals surface area contributed by atoms with Gasteiger partial charge in [0.2, 0.25) is 0 Å². The third-order valence-electron chi connectivity index (χ3n) is 3.47. The highest BCUT2D eigenvalue weighted by Crippen LogP contribution is 2.37. The second kappa shape index (κ2) is 8.74. The number of phenolic OH excluding ortho intramolecular Hbond substituents is 1. The van der Waals surface area contributed by atoms with Crippen molar-refractivity contribution in [3.63, 3.8) is 0 Å². The summed E-state index contributed by atoms with van der Waals surface area (Å²) < 4.78 is 15.2. The van der Waals surface area contributed by atoms with Gasteiger partial charge in [-0.05, 0) is 17.7 Å². The molecule has 1 atom stereocenters. The van der Waals surface area contributed by atoms with Crippen LogP contribution >= 0.6 is 7.82 Å². The fourth-order valence-electron chi connectivity index (χ4n) is 2.14. The van der Waals surface area contributed by atoms with Gasteiger partial charge in [0.05, 0.1) is 12.8 Å². The lowest BCUT2D eigenvalue weighted by molar-refractivity contribution is -0.138. The molecule has 2 rings (SSSR count). The fourth-order valence-corrected chi connectivity index (χ4v) is 2.45. The van der Waals surface area contributed by atoms with Crippen molar-refractivity contribution in [3.05, 3.63) is 53.3 Å². The molecule has 11 heteroatoms. The molecule has 27 heavy (non-hydrogen) atoms. The summed E-state index contributed by atoms with van der Waals surface area (Å²) in [5, 5.41) is 28.5. The zero-order valence-electron chi connectivity index (χ0n) is 13.8. The summed E-state index contributed by atoms with van der Waals surface area (Å²) in [5.41, 5.74) is 0.785. The Labute approximate surface area is 153 Å². The Hall–Kier alpha value is -2.78. The minimum absolute atomic E-state index is 0.0340. The van der Waals surface area contributed by atoms with Crippen molar-refractivity contribution >= 4 is 20.0 Å². The molecule has 144 valence electrons. The van der Waals surface area contributed by atoms with E-state index in [1.807, 2.05) is 0 Å². The number of phosphoric ester groups is 1. The number of nitrogens with zero attached hydrogens (tertiary/aromatic N) is 2. The Balaban J connectivity index is 2.23. The van der Waals surface area contributed by atoms with Crippen molar-refractivity contribution in [1.29, 1.82) is 0 Å². The number of carbonyl (C=O) groups is 1. The van der Waals surface area contributed by atoms with Gasteiger partial charge in [0.1, 0.15) is 11.5 Å². The SMILES string of the molecule is O=C(O)C(Cc1ccc(O)cc1)N=Cc1c(O)cncc1COP(=O)(O)O. The zero-order chi connectivity index (χ0) is 20.0. The second-order valence-electron chi connectivity index (χ2n) is 5.50. The van der Waals surface area contributed by atoms with Crippen molar-refractivity contribution in [2.45, 2.75) is 19.1 Å². The normalized spacial score (nSPS) is 13.0. The van der Waals surface area contributed by atoms with Crippen LogP contribution in [0.2, 0.25) is 0 Å². The molecule has 0 bridgehead atoms. The molecule has 0 amide bonds. The molecule has 10 nitrogen and oxygen atoms in total. The van der Waals surface area contributed by atoms with E-state index in [0.717, 1.165) is 12.4 Å². The maximum atomic E-state index is 11.5. The number of hydrogen-bond donors (Lipinski definition) is 5. The molecule has 0 radical (unpaired) electrons. The quantitative estimate of drug-likeness (QED) is 0.325. The van der Waals surface area contributed by atoms with E-state index in [1.165, 1.54) is 18.3 Å². The molecule has 1 unspecified atom stereocenters. The lowest BCUT2D eigenvalue weighted by Crippen LogP contribution is -2.21. The topological polar surface area (TPSA) is 170 Å². The number of carboxylic acid groups (broad SMARTS) is 1. The Bertz CT molecular complexity index is 878. The summed E-state index contributed by atoms with van der Waals surface area (Å²) in [4.78, 5) is 36.7. The van der Waals surface area contributed by atoms with Gasteiger partial charge in [0.15, 0.2) is 6.04 Å². The van der Waals surface area contributed by atoms with Crippen LogP contribution in [0.4, 0.5) is 0 Å². The van der Waals surface area contributed by atoms with Gasteiger partial charge in [-0.1, -0.05) is 12.1 Å². The summed E-state index contributed by atoms with van der Waals surface area (Å²) in [6, 6.07) is 4.78. The molecule has 0 spiro atoms. The van der Waals surface area contributed by atoms with Gasteiger partial charge in [-0.15, -0.1) is 0 Å². The van der Waals surface area contributed by atoms with E-state index >= 15 is 0 Å². The lowest BCUT2D eigenvalue weighted by Gasteiger charge is -2.11. The summed E-state index contributed by atoms with van der Waals surface area (Å²) in [6.07, 6.45) is 3.42. The van der Waals surface area contributed by atoms with Crippen LogP contribution in [0.5, 0.6) is 11.5 Å². The number of aliphatic imine (C=N–C) groups is 1. The highest BCUT2D eigenvalue weighted by molar-refractivity contribution is 7.46. The summed E-state index contributed by atoms with van der Waals surface area (Å²) in [6.45, 7) is -0.553. The summed E-state index contributed by atoms with van der Waals surface area (Å²) in [7, 11) is -4.74. The minimum Gasteiger partial charge on any atom is -0.508 e. The molecule has 1 heterocycles. The monoisotopic (exact) mass is 396 g/mol. The highest BCUT2D eigenvalue weighted by Gasteiger charge is 2.19. The zero-order valence-corrected chi connectivity index (χ0v) is 14.7. The van der Waals surface area contributed by atoms with Crippen LogP contribution in [0, 0.1) is 0 Å². The molecule has 0 saturated carbocycles. The van der Waals surface area contributed by atoms with Crippen LogP contribution in [0.1, 0.15) is 16.7 Å². The third kappa shape index (κ3) is 6.46. The Kier molecular flexibility index (Phi) is 6.65. The standard InChI is InChI=1S/C16H17N2O8P/c19-12-3-1-10(2-4-12)5-14(16(21)22)18-7-13-11(6-17-8-15(13)20)9-26-27(23,24)25/h1-4,6-8,14,19-20H,5,9H2,(H,21,22)(H2,23,24,25). The first-order valence-electron chi connectivity index (χ1n) is 7.55. The van der Waals surface area contributed by atoms with Crippen molar-refractivity contribution < 1.29 is 39.0 Å². The largest absolute Gasteiger partial charge is 0.508 e. The lowest BCUT2D eigenvalue weighted by atomic mass is 10.1. The molecular weight excluding hydrogens is 379 g/mol. The van der Waals surface area contributed by atoms with Gasteiger partial charge in [-0.2, -0.15) is 0 Å². The molecule has 0 fully saturated rings. The maximum absolute atomic E-state index is 11.5. The summed E-state index contributed by atoms with van der Waals surface area (Å²) in [5.74, 6) is -1.51. The van der Waals surface area contributed by atoms with Crippen molar-refractivity contribution in [2.75, 3.05) is 0 Å². The molecule has 1 aromatic heterocycles. The molecule has 0 aliphatic heterocycles. The highest BCUT2D eigenvalue weighted by atomic mass is 31.2. The molecule has 0 aliphatic rings. The van der Waals surface area contributed by atoms with Crippen LogP contribution in [0.25, 0.3) is 0 Å².